The topological polar surface area (TPSA) is 125 Å². The molecule has 1 aliphatic rings. The van der Waals surface area contributed by atoms with E-state index in [4.69, 9.17) is 9.84 Å². The van der Waals surface area contributed by atoms with E-state index in [9.17, 15) is 19.5 Å². The third-order valence-corrected chi connectivity index (χ3v) is 5.07. The Balaban J connectivity index is 1.51. The van der Waals surface area contributed by atoms with Crippen LogP contribution < -0.4 is 10.6 Å². The van der Waals surface area contributed by atoms with Crippen molar-refractivity contribution in [2.75, 3.05) is 13.2 Å². The fraction of sp³-hybridized carbons (Fsp3) is 0.318. The zero-order valence-electron chi connectivity index (χ0n) is 16.5. The third kappa shape index (κ3) is 4.77. The first-order chi connectivity index (χ1) is 14.4. The summed E-state index contributed by atoms with van der Waals surface area (Å²) in [6, 6.07) is 15.1. The Kier molecular flexibility index (Phi) is 6.68. The van der Waals surface area contributed by atoms with E-state index in [-0.39, 0.29) is 25.5 Å². The summed E-state index contributed by atoms with van der Waals surface area (Å²) in [6.45, 7) is 1.60. The molecule has 0 saturated carbocycles. The Hall–Kier alpha value is -3.39. The third-order valence-electron chi connectivity index (χ3n) is 5.07. The molecule has 8 heteroatoms. The summed E-state index contributed by atoms with van der Waals surface area (Å²) in [4.78, 5) is 34.7. The van der Waals surface area contributed by atoms with E-state index < -0.39 is 30.1 Å². The summed E-state index contributed by atoms with van der Waals surface area (Å²) in [5.74, 6) is -1.93. The van der Waals surface area contributed by atoms with Crippen molar-refractivity contribution in [3.05, 3.63) is 59.7 Å². The van der Waals surface area contributed by atoms with Crippen LogP contribution in [0.25, 0.3) is 11.1 Å². The Morgan fingerprint density at radius 1 is 1.03 bits per heavy atom. The quantitative estimate of drug-likeness (QED) is 0.525. The van der Waals surface area contributed by atoms with Crippen molar-refractivity contribution in [1.82, 2.24) is 10.6 Å². The van der Waals surface area contributed by atoms with Crippen molar-refractivity contribution in [2.45, 2.75) is 31.4 Å². The lowest BCUT2D eigenvalue weighted by Crippen LogP contribution is -2.46. The van der Waals surface area contributed by atoms with Crippen LogP contribution >= 0.6 is 0 Å². The molecule has 3 rings (SSSR count). The molecule has 1 unspecified atom stereocenters. The van der Waals surface area contributed by atoms with Gasteiger partial charge in [-0.25, -0.2) is 9.59 Å². The molecule has 0 fully saturated rings. The van der Waals surface area contributed by atoms with Gasteiger partial charge < -0.3 is 25.6 Å². The number of amides is 2. The minimum absolute atomic E-state index is 0.0248. The SMILES string of the molecule is C[C@H](NC(=O)OCC1c2ccccc2-c2ccccc21)C(=O)NCCC(O)C(=O)O. The highest BCUT2D eigenvalue weighted by atomic mass is 16.5. The van der Waals surface area contributed by atoms with Crippen molar-refractivity contribution in [2.24, 2.45) is 0 Å². The van der Waals surface area contributed by atoms with E-state index in [0.29, 0.717) is 0 Å². The predicted molar refractivity (Wildman–Crippen MR) is 109 cm³/mol. The minimum Gasteiger partial charge on any atom is -0.479 e. The van der Waals surface area contributed by atoms with Gasteiger partial charge in [0, 0.05) is 18.9 Å². The van der Waals surface area contributed by atoms with Crippen LogP contribution in [0.2, 0.25) is 0 Å². The second-order valence-corrected chi connectivity index (χ2v) is 7.13. The van der Waals surface area contributed by atoms with Crippen LogP contribution in [0.4, 0.5) is 4.79 Å². The predicted octanol–water partition coefficient (Wildman–Crippen LogP) is 1.87. The Morgan fingerprint density at radius 2 is 1.60 bits per heavy atom. The van der Waals surface area contributed by atoms with Gasteiger partial charge in [-0.15, -0.1) is 0 Å². The van der Waals surface area contributed by atoms with Gasteiger partial charge in [0.05, 0.1) is 0 Å². The molecule has 4 N–H and O–H groups in total. The molecular formula is C22H24N2O6. The summed E-state index contributed by atoms with van der Waals surface area (Å²) in [6.07, 6.45) is -2.39. The number of carboxylic acids is 1. The number of ether oxygens (including phenoxy) is 1. The smallest absolute Gasteiger partial charge is 0.407 e. The molecule has 2 aromatic rings. The maximum atomic E-state index is 12.2. The van der Waals surface area contributed by atoms with Gasteiger partial charge in [0.1, 0.15) is 12.6 Å². The highest BCUT2D eigenvalue weighted by molar-refractivity contribution is 5.85. The number of nitrogens with one attached hydrogen (secondary N) is 2. The van der Waals surface area contributed by atoms with Gasteiger partial charge in [-0.2, -0.15) is 0 Å². The lowest BCUT2D eigenvalue weighted by atomic mass is 9.98. The zero-order valence-corrected chi connectivity index (χ0v) is 16.5. The molecule has 2 amide bonds. The highest BCUT2D eigenvalue weighted by Crippen LogP contribution is 2.44. The standard InChI is InChI=1S/C22H24N2O6/c1-13(20(26)23-11-10-19(25)21(27)28)24-22(29)30-12-18-16-8-4-2-6-14(16)15-7-3-5-9-17(15)18/h2-9,13,18-19,25H,10-12H2,1H3,(H,23,26)(H,24,29)(H,27,28)/t13-,19?/m0/s1. The number of aliphatic hydroxyl groups is 1. The van der Waals surface area contributed by atoms with Gasteiger partial charge in [-0.05, 0) is 29.2 Å². The summed E-state index contributed by atoms with van der Waals surface area (Å²) < 4.78 is 5.39. The number of aliphatic hydroxyl groups excluding tert-OH is 1. The Labute approximate surface area is 173 Å². The number of carbonyl (C=O) groups is 3. The van der Waals surface area contributed by atoms with E-state index in [0.717, 1.165) is 22.3 Å². The number of hydrogen-bond donors (Lipinski definition) is 4. The average Bonchev–Trinajstić information content (AvgIpc) is 3.05. The minimum atomic E-state index is -1.55. The lowest BCUT2D eigenvalue weighted by Gasteiger charge is -2.17. The molecule has 2 aromatic carbocycles. The molecule has 1 aliphatic carbocycles. The molecular weight excluding hydrogens is 388 g/mol. The Bertz CT molecular complexity index is 899. The maximum absolute atomic E-state index is 12.2. The Morgan fingerprint density at radius 3 is 2.17 bits per heavy atom. The van der Waals surface area contributed by atoms with E-state index in [2.05, 4.69) is 10.6 Å². The fourth-order valence-corrected chi connectivity index (χ4v) is 3.49. The molecule has 0 saturated heterocycles. The molecule has 0 aromatic heterocycles. The van der Waals surface area contributed by atoms with Crippen LogP contribution in [0.5, 0.6) is 0 Å². The van der Waals surface area contributed by atoms with Crippen LogP contribution in [0, 0.1) is 0 Å². The first-order valence-corrected chi connectivity index (χ1v) is 9.68. The van der Waals surface area contributed by atoms with Crippen LogP contribution in [-0.4, -0.2) is 53.5 Å². The van der Waals surface area contributed by atoms with Gasteiger partial charge in [0.25, 0.3) is 0 Å². The highest BCUT2D eigenvalue weighted by Gasteiger charge is 2.29. The maximum Gasteiger partial charge on any atom is 0.407 e. The van der Waals surface area contributed by atoms with Crippen LogP contribution in [0.1, 0.15) is 30.4 Å². The van der Waals surface area contributed by atoms with Gasteiger partial charge in [0.2, 0.25) is 5.91 Å². The monoisotopic (exact) mass is 412 g/mol. The van der Waals surface area contributed by atoms with Gasteiger partial charge in [-0.1, -0.05) is 48.5 Å². The second-order valence-electron chi connectivity index (χ2n) is 7.13. The molecule has 0 aliphatic heterocycles. The number of carboxylic acid groups (broad SMARTS) is 1. The number of aliphatic carboxylic acids is 1. The normalized spacial score (nSPS) is 14.2. The van der Waals surface area contributed by atoms with Crippen molar-refractivity contribution < 1.29 is 29.3 Å². The number of rotatable bonds is 8. The van der Waals surface area contributed by atoms with Gasteiger partial charge in [-0.3, -0.25) is 4.79 Å². The van der Waals surface area contributed by atoms with E-state index >= 15 is 0 Å². The number of fused-ring (bicyclic) bond motifs is 3. The molecule has 0 heterocycles. The number of hydrogen-bond acceptors (Lipinski definition) is 5. The lowest BCUT2D eigenvalue weighted by molar-refractivity contribution is -0.147. The fourth-order valence-electron chi connectivity index (χ4n) is 3.49. The van der Waals surface area contributed by atoms with Crippen LogP contribution in [0.15, 0.2) is 48.5 Å². The molecule has 0 radical (unpaired) electrons. The molecule has 30 heavy (non-hydrogen) atoms. The van der Waals surface area contributed by atoms with Crippen molar-refractivity contribution in [1.29, 1.82) is 0 Å². The summed E-state index contributed by atoms with van der Waals surface area (Å²) in [5, 5.41) is 22.7. The second kappa shape index (κ2) is 9.41. The number of benzene rings is 2. The molecule has 0 spiro atoms. The zero-order chi connectivity index (χ0) is 21.7. The van der Waals surface area contributed by atoms with Crippen LogP contribution in [-0.2, 0) is 14.3 Å². The van der Waals surface area contributed by atoms with Gasteiger partial charge >= 0.3 is 12.1 Å². The summed E-state index contributed by atoms with van der Waals surface area (Å²) in [5.41, 5.74) is 4.43. The molecule has 158 valence electrons. The number of alkyl carbamates (subject to hydrolysis) is 1. The van der Waals surface area contributed by atoms with Gasteiger partial charge in [0.15, 0.2) is 6.10 Å². The first-order valence-electron chi connectivity index (χ1n) is 9.68. The summed E-state index contributed by atoms with van der Waals surface area (Å²) in [7, 11) is 0. The molecule has 0 bridgehead atoms. The van der Waals surface area contributed by atoms with E-state index in [1.165, 1.54) is 6.92 Å². The summed E-state index contributed by atoms with van der Waals surface area (Å²) >= 11 is 0. The van der Waals surface area contributed by atoms with Crippen molar-refractivity contribution >= 4 is 18.0 Å². The first kappa shape index (κ1) is 21.3. The molecule has 2 atom stereocenters. The average molecular weight is 412 g/mol. The van der Waals surface area contributed by atoms with Crippen molar-refractivity contribution in [3.8, 4) is 11.1 Å². The van der Waals surface area contributed by atoms with E-state index in [1.54, 1.807) is 0 Å². The number of carbonyl (C=O) groups excluding carboxylic acids is 2. The van der Waals surface area contributed by atoms with E-state index in [1.807, 2.05) is 48.5 Å². The van der Waals surface area contributed by atoms with Crippen molar-refractivity contribution in [3.63, 3.8) is 0 Å². The van der Waals surface area contributed by atoms with Crippen LogP contribution in [0.3, 0.4) is 0 Å². The molecule has 8 nitrogen and oxygen atoms in total. The largest absolute Gasteiger partial charge is 0.479 e.